The van der Waals surface area contributed by atoms with Crippen molar-refractivity contribution in [3.63, 3.8) is 0 Å². The summed E-state index contributed by atoms with van der Waals surface area (Å²) in [7, 11) is 0. The summed E-state index contributed by atoms with van der Waals surface area (Å²) in [6, 6.07) is 0. The molecule has 0 aliphatic carbocycles. The quantitative estimate of drug-likeness (QED) is 0.735. The first-order valence-corrected chi connectivity index (χ1v) is 5.21. The van der Waals surface area contributed by atoms with Crippen LogP contribution in [0, 0.1) is 5.92 Å². The van der Waals surface area contributed by atoms with Gasteiger partial charge in [0.15, 0.2) is 6.29 Å². The standard InChI is InChI=1S/C10H19NO3/c1-8(2)10(12)11-5-4-9-13-6-3-7-14-9/h8-9H,3-7H2,1-2H3,(H,11,12). The number of hydrogen-bond acceptors (Lipinski definition) is 3. The van der Waals surface area contributed by atoms with Gasteiger partial charge in [-0.05, 0) is 6.42 Å². The van der Waals surface area contributed by atoms with Gasteiger partial charge in [-0.25, -0.2) is 0 Å². The predicted molar refractivity (Wildman–Crippen MR) is 52.8 cm³/mol. The van der Waals surface area contributed by atoms with Crippen LogP contribution in [-0.2, 0) is 14.3 Å². The summed E-state index contributed by atoms with van der Waals surface area (Å²) in [4.78, 5) is 11.2. The third-order valence-corrected chi connectivity index (χ3v) is 2.10. The topological polar surface area (TPSA) is 47.6 Å². The van der Waals surface area contributed by atoms with Crippen LogP contribution in [0.5, 0.6) is 0 Å². The summed E-state index contributed by atoms with van der Waals surface area (Å²) in [6.07, 6.45) is 1.57. The molecule has 1 N–H and O–H groups in total. The molecule has 14 heavy (non-hydrogen) atoms. The van der Waals surface area contributed by atoms with Crippen LogP contribution in [0.2, 0.25) is 0 Å². The van der Waals surface area contributed by atoms with Crippen LogP contribution >= 0.6 is 0 Å². The van der Waals surface area contributed by atoms with Crippen LogP contribution in [0.3, 0.4) is 0 Å². The minimum absolute atomic E-state index is 0.0446. The zero-order valence-corrected chi connectivity index (χ0v) is 8.91. The highest BCUT2D eigenvalue weighted by atomic mass is 16.7. The van der Waals surface area contributed by atoms with Crippen LogP contribution < -0.4 is 5.32 Å². The second-order valence-corrected chi connectivity index (χ2v) is 3.76. The van der Waals surface area contributed by atoms with Gasteiger partial charge in [-0.2, -0.15) is 0 Å². The molecule has 4 nitrogen and oxygen atoms in total. The summed E-state index contributed by atoms with van der Waals surface area (Å²) in [5, 5.41) is 2.83. The predicted octanol–water partition coefficient (Wildman–Crippen LogP) is 0.912. The van der Waals surface area contributed by atoms with Crippen molar-refractivity contribution >= 4 is 5.91 Å². The summed E-state index contributed by atoms with van der Waals surface area (Å²) in [6.45, 7) is 5.92. The van der Waals surface area contributed by atoms with Gasteiger partial charge in [0.1, 0.15) is 0 Å². The summed E-state index contributed by atoms with van der Waals surface area (Å²) in [5.41, 5.74) is 0. The monoisotopic (exact) mass is 201 g/mol. The first-order valence-electron chi connectivity index (χ1n) is 5.21. The Balaban J connectivity index is 2.05. The van der Waals surface area contributed by atoms with Gasteiger partial charge in [-0.15, -0.1) is 0 Å². The molecule has 0 spiro atoms. The van der Waals surface area contributed by atoms with Crippen molar-refractivity contribution in [2.45, 2.75) is 33.0 Å². The number of ether oxygens (including phenoxy) is 2. The Bertz CT molecular complexity index is 176. The second-order valence-electron chi connectivity index (χ2n) is 3.76. The minimum Gasteiger partial charge on any atom is -0.356 e. The van der Waals surface area contributed by atoms with E-state index in [0.717, 1.165) is 26.1 Å². The lowest BCUT2D eigenvalue weighted by molar-refractivity contribution is -0.180. The zero-order chi connectivity index (χ0) is 10.4. The SMILES string of the molecule is CC(C)C(=O)NCCC1OCCCO1. The Kier molecular flexibility index (Phi) is 4.90. The number of nitrogens with one attached hydrogen (secondary N) is 1. The van der Waals surface area contributed by atoms with Crippen LogP contribution in [-0.4, -0.2) is 32.0 Å². The molecule has 1 aliphatic heterocycles. The molecule has 1 rings (SSSR count). The third kappa shape index (κ3) is 4.07. The summed E-state index contributed by atoms with van der Waals surface area (Å²) >= 11 is 0. The minimum atomic E-state index is -0.129. The van der Waals surface area contributed by atoms with Crippen LogP contribution in [0.4, 0.5) is 0 Å². The van der Waals surface area contributed by atoms with Gasteiger partial charge in [0.05, 0.1) is 13.2 Å². The Morgan fingerprint density at radius 2 is 2.07 bits per heavy atom. The van der Waals surface area contributed by atoms with Gasteiger partial charge in [0, 0.05) is 18.9 Å². The maximum absolute atomic E-state index is 11.2. The van der Waals surface area contributed by atoms with E-state index in [4.69, 9.17) is 9.47 Å². The van der Waals surface area contributed by atoms with Gasteiger partial charge >= 0.3 is 0 Å². The number of rotatable bonds is 4. The smallest absolute Gasteiger partial charge is 0.222 e. The van der Waals surface area contributed by atoms with E-state index in [1.165, 1.54) is 0 Å². The Hall–Kier alpha value is -0.610. The first kappa shape index (κ1) is 11.5. The Morgan fingerprint density at radius 1 is 1.43 bits per heavy atom. The normalized spacial score (nSPS) is 18.5. The van der Waals surface area contributed by atoms with Crippen molar-refractivity contribution in [2.24, 2.45) is 5.92 Å². The zero-order valence-electron chi connectivity index (χ0n) is 8.91. The first-order chi connectivity index (χ1) is 6.70. The fraction of sp³-hybridized carbons (Fsp3) is 0.900. The molecule has 4 heteroatoms. The maximum Gasteiger partial charge on any atom is 0.222 e. The van der Waals surface area contributed by atoms with E-state index >= 15 is 0 Å². The fourth-order valence-corrected chi connectivity index (χ4v) is 1.22. The number of carbonyl (C=O) groups is 1. The molecule has 1 fully saturated rings. The maximum atomic E-state index is 11.2. The van der Waals surface area contributed by atoms with Crippen molar-refractivity contribution in [3.05, 3.63) is 0 Å². The molecule has 0 aromatic heterocycles. The van der Waals surface area contributed by atoms with Crippen molar-refractivity contribution in [1.82, 2.24) is 5.32 Å². The highest BCUT2D eigenvalue weighted by Gasteiger charge is 2.14. The van der Waals surface area contributed by atoms with Crippen LogP contribution in [0.15, 0.2) is 0 Å². The molecule has 1 saturated heterocycles. The molecule has 0 unspecified atom stereocenters. The van der Waals surface area contributed by atoms with Crippen molar-refractivity contribution in [2.75, 3.05) is 19.8 Å². The van der Waals surface area contributed by atoms with Crippen molar-refractivity contribution < 1.29 is 14.3 Å². The average molecular weight is 201 g/mol. The van der Waals surface area contributed by atoms with E-state index in [2.05, 4.69) is 5.32 Å². The molecule has 0 saturated carbocycles. The van der Waals surface area contributed by atoms with E-state index in [0.29, 0.717) is 6.54 Å². The molecule has 0 atom stereocenters. The second kappa shape index (κ2) is 5.98. The molecular weight excluding hydrogens is 182 g/mol. The molecule has 1 amide bonds. The largest absolute Gasteiger partial charge is 0.356 e. The van der Waals surface area contributed by atoms with Gasteiger partial charge in [0.25, 0.3) is 0 Å². The van der Waals surface area contributed by atoms with Gasteiger partial charge in [-0.3, -0.25) is 4.79 Å². The van der Waals surface area contributed by atoms with Gasteiger partial charge in [0.2, 0.25) is 5.91 Å². The Morgan fingerprint density at radius 3 is 2.64 bits per heavy atom. The van der Waals surface area contributed by atoms with Crippen LogP contribution in [0.25, 0.3) is 0 Å². The van der Waals surface area contributed by atoms with Crippen molar-refractivity contribution in [3.8, 4) is 0 Å². The lowest BCUT2D eigenvalue weighted by Crippen LogP contribution is -2.33. The van der Waals surface area contributed by atoms with Crippen molar-refractivity contribution in [1.29, 1.82) is 0 Å². The summed E-state index contributed by atoms with van der Waals surface area (Å²) in [5.74, 6) is 0.129. The van der Waals surface area contributed by atoms with E-state index in [-0.39, 0.29) is 18.1 Å². The highest BCUT2D eigenvalue weighted by molar-refractivity contribution is 5.77. The molecule has 1 aliphatic rings. The molecular formula is C10H19NO3. The lowest BCUT2D eigenvalue weighted by atomic mass is 10.2. The van der Waals surface area contributed by atoms with E-state index in [1.807, 2.05) is 13.8 Å². The number of hydrogen-bond donors (Lipinski definition) is 1. The van der Waals surface area contributed by atoms with Crippen LogP contribution in [0.1, 0.15) is 26.7 Å². The summed E-state index contributed by atoms with van der Waals surface area (Å²) < 4.78 is 10.7. The molecule has 0 aromatic carbocycles. The number of amides is 1. The highest BCUT2D eigenvalue weighted by Crippen LogP contribution is 2.07. The molecule has 82 valence electrons. The molecule has 0 radical (unpaired) electrons. The van der Waals surface area contributed by atoms with E-state index in [9.17, 15) is 4.79 Å². The third-order valence-electron chi connectivity index (χ3n) is 2.10. The fourth-order valence-electron chi connectivity index (χ4n) is 1.22. The van der Waals surface area contributed by atoms with E-state index < -0.39 is 0 Å². The lowest BCUT2D eigenvalue weighted by Gasteiger charge is -2.23. The van der Waals surface area contributed by atoms with E-state index in [1.54, 1.807) is 0 Å². The van der Waals surface area contributed by atoms with Gasteiger partial charge in [-0.1, -0.05) is 13.8 Å². The molecule has 0 aromatic rings. The average Bonchev–Trinajstić information content (AvgIpc) is 2.19. The Labute approximate surface area is 85.0 Å². The molecule has 1 heterocycles. The number of carbonyl (C=O) groups excluding carboxylic acids is 1. The van der Waals surface area contributed by atoms with Gasteiger partial charge < -0.3 is 14.8 Å². The molecule has 0 bridgehead atoms.